The fourth-order valence-electron chi connectivity index (χ4n) is 2.90. The van der Waals surface area contributed by atoms with E-state index >= 15 is 0 Å². The molecule has 2 heterocycles. The number of carbonyl (C=O) groups is 3. The van der Waals surface area contributed by atoms with E-state index in [0.717, 1.165) is 6.92 Å². The number of hydrogen-bond donors (Lipinski definition) is 2. The number of anilines is 1. The Kier molecular flexibility index (Phi) is 5.50. The monoisotopic (exact) mass is 405 g/mol. The Morgan fingerprint density at radius 2 is 1.93 bits per heavy atom. The zero-order valence-corrected chi connectivity index (χ0v) is 15.9. The Morgan fingerprint density at radius 1 is 1.21 bits per heavy atom. The maximum atomic E-state index is 12.4. The van der Waals surface area contributed by atoms with Gasteiger partial charge in [0.2, 0.25) is 17.7 Å². The van der Waals surface area contributed by atoms with E-state index in [0.29, 0.717) is 18.0 Å². The van der Waals surface area contributed by atoms with E-state index in [1.807, 2.05) is 4.72 Å². The molecule has 1 aliphatic heterocycles. The van der Waals surface area contributed by atoms with Crippen LogP contribution < -0.4 is 10.0 Å². The quantitative estimate of drug-likeness (QED) is 0.741. The van der Waals surface area contributed by atoms with Gasteiger partial charge in [-0.2, -0.15) is 0 Å². The van der Waals surface area contributed by atoms with Crippen molar-refractivity contribution >= 4 is 33.4 Å². The van der Waals surface area contributed by atoms with Gasteiger partial charge in [-0.1, -0.05) is 0 Å². The molecule has 28 heavy (non-hydrogen) atoms. The average Bonchev–Trinajstić information content (AvgIpc) is 3.25. The lowest BCUT2D eigenvalue weighted by Gasteiger charge is -2.15. The first-order chi connectivity index (χ1) is 13.2. The lowest BCUT2D eigenvalue weighted by molar-refractivity contribution is -0.128. The van der Waals surface area contributed by atoms with Gasteiger partial charge in [0, 0.05) is 25.6 Å². The molecule has 1 aromatic heterocycles. The van der Waals surface area contributed by atoms with Crippen LogP contribution in [0, 0.1) is 5.92 Å². The molecule has 1 fully saturated rings. The number of benzene rings is 1. The van der Waals surface area contributed by atoms with Gasteiger partial charge in [-0.15, -0.1) is 0 Å². The summed E-state index contributed by atoms with van der Waals surface area (Å²) in [5.41, 5.74) is 0.392. The van der Waals surface area contributed by atoms with E-state index in [2.05, 4.69) is 5.32 Å². The van der Waals surface area contributed by atoms with Gasteiger partial charge in [-0.25, -0.2) is 13.1 Å². The summed E-state index contributed by atoms with van der Waals surface area (Å²) in [6, 6.07) is 8.90. The van der Waals surface area contributed by atoms with E-state index in [-0.39, 0.29) is 29.7 Å². The first-order valence-corrected chi connectivity index (χ1v) is 9.97. The number of nitrogens with zero attached hydrogens (tertiary/aromatic N) is 1. The van der Waals surface area contributed by atoms with Crippen LogP contribution in [0.4, 0.5) is 5.69 Å². The maximum Gasteiger partial charge on any atom is 0.264 e. The standard InChI is InChI=1S/C18H19N3O6S/c1-12(22)20-28(25,26)16-6-4-14(5-7-16)19-18(24)13-9-17(23)21(10-13)11-15-3-2-8-27-15/h2-8,13H,9-11H2,1H3,(H,19,24)(H,20,22)/t13-/m0/s1. The molecule has 148 valence electrons. The molecule has 9 nitrogen and oxygen atoms in total. The van der Waals surface area contributed by atoms with Gasteiger partial charge in [0.15, 0.2) is 0 Å². The van der Waals surface area contributed by atoms with Gasteiger partial charge in [-0.3, -0.25) is 14.4 Å². The van der Waals surface area contributed by atoms with Gasteiger partial charge < -0.3 is 14.6 Å². The van der Waals surface area contributed by atoms with Gasteiger partial charge >= 0.3 is 0 Å². The predicted molar refractivity (Wildman–Crippen MR) is 98.3 cm³/mol. The second-order valence-electron chi connectivity index (χ2n) is 6.43. The minimum Gasteiger partial charge on any atom is -0.467 e. The molecule has 0 saturated carbocycles. The summed E-state index contributed by atoms with van der Waals surface area (Å²) in [4.78, 5) is 37.0. The van der Waals surface area contributed by atoms with Crippen molar-refractivity contribution in [2.45, 2.75) is 24.8 Å². The molecule has 1 aromatic carbocycles. The van der Waals surface area contributed by atoms with Crippen molar-refractivity contribution in [3.05, 3.63) is 48.4 Å². The van der Waals surface area contributed by atoms with Crippen LogP contribution >= 0.6 is 0 Å². The number of carbonyl (C=O) groups excluding carboxylic acids is 3. The van der Waals surface area contributed by atoms with Crippen molar-refractivity contribution in [1.29, 1.82) is 0 Å². The second-order valence-corrected chi connectivity index (χ2v) is 8.11. The zero-order chi connectivity index (χ0) is 20.3. The number of rotatable bonds is 6. The van der Waals surface area contributed by atoms with E-state index in [1.54, 1.807) is 17.0 Å². The third kappa shape index (κ3) is 4.58. The molecule has 3 amide bonds. The summed E-state index contributed by atoms with van der Waals surface area (Å²) in [7, 11) is -3.93. The maximum absolute atomic E-state index is 12.4. The highest BCUT2D eigenvalue weighted by atomic mass is 32.2. The van der Waals surface area contributed by atoms with Crippen LogP contribution in [0.25, 0.3) is 0 Å². The molecule has 2 aromatic rings. The third-order valence-corrected chi connectivity index (χ3v) is 5.67. The highest BCUT2D eigenvalue weighted by molar-refractivity contribution is 7.90. The first-order valence-electron chi connectivity index (χ1n) is 8.49. The molecule has 3 rings (SSSR count). The SMILES string of the molecule is CC(=O)NS(=O)(=O)c1ccc(NC(=O)[C@H]2CC(=O)N(Cc3ccco3)C2)cc1. The van der Waals surface area contributed by atoms with Crippen molar-refractivity contribution in [2.75, 3.05) is 11.9 Å². The highest BCUT2D eigenvalue weighted by Gasteiger charge is 2.34. The Morgan fingerprint density at radius 3 is 2.54 bits per heavy atom. The molecule has 2 N–H and O–H groups in total. The molecule has 0 spiro atoms. The Hall–Kier alpha value is -3.14. The number of likely N-dealkylation sites (tertiary alicyclic amines) is 1. The van der Waals surface area contributed by atoms with E-state index in [1.165, 1.54) is 30.5 Å². The Balaban J connectivity index is 1.60. The molecular weight excluding hydrogens is 386 g/mol. The largest absolute Gasteiger partial charge is 0.467 e. The van der Waals surface area contributed by atoms with Crippen LogP contribution in [-0.2, 0) is 31.0 Å². The second kappa shape index (κ2) is 7.85. The summed E-state index contributed by atoms with van der Waals surface area (Å²) in [5.74, 6) is -1.01. The van der Waals surface area contributed by atoms with Gasteiger partial charge in [0.05, 0.1) is 23.6 Å². The summed E-state index contributed by atoms with van der Waals surface area (Å²) < 4.78 is 30.9. The summed E-state index contributed by atoms with van der Waals surface area (Å²) in [6.07, 6.45) is 1.62. The van der Waals surface area contributed by atoms with Crippen LogP contribution in [0.3, 0.4) is 0 Å². The lowest BCUT2D eigenvalue weighted by atomic mass is 10.1. The van der Waals surface area contributed by atoms with E-state index < -0.39 is 21.8 Å². The molecule has 10 heteroatoms. The number of nitrogens with one attached hydrogen (secondary N) is 2. The molecule has 0 radical (unpaired) electrons. The molecule has 0 bridgehead atoms. The smallest absolute Gasteiger partial charge is 0.264 e. The van der Waals surface area contributed by atoms with Crippen molar-refractivity contribution in [1.82, 2.24) is 9.62 Å². The van der Waals surface area contributed by atoms with Crippen LogP contribution in [0.5, 0.6) is 0 Å². The summed E-state index contributed by atoms with van der Waals surface area (Å²) >= 11 is 0. The Bertz CT molecular complexity index is 983. The summed E-state index contributed by atoms with van der Waals surface area (Å²) in [6.45, 7) is 1.69. The van der Waals surface area contributed by atoms with Gasteiger partial charge in [-0.05, 0) is 36.4 Å². The lowest BCUT2D eigenvalue weighted by Crippen LogP contribution is -2.28. The fraction of sp³-hybridized carbons (Fsp3) is 0.278. The predicted octanol–water partition coefficient (Wildman–Crippen LogP) is 1.09. The van der Waals surface area contributed by atoms with Gasteiger partial charge in [0.1, 0.15) is 5.76 Å². The molecule has 0 unspecified atom stereocenters. The van der Waals surface area contributed by atoms with E-state index in [4.69, 9.17) is 4.42 Å². The number of furan rings is 1. The van der Waals surface area contributed by atoms with Crippen molar-refractivity contribution in [3.8, 4) is 0 Å². The van der Waals surface area contributed by atoms with E-state index in [9.17, 15) is 22.8 Å². The summed E-state index contributed by atoms with van der Waals surface area (Å²) in [5, 5.41) is 2.68. The number of sulfonamides is 1. The Labute approximate surface area is 161 Å². The van der Waals surface area contributed by atoms with Crippen molar-refractivity contribution in [2.24, 2.45) is 5.92 Å². The normalized spacial score (nSPS) is 16.8. The zero-order valence-electron chi connectivity index (χ0n) is 15.0. The third-order valence-electron chi connectivity index (χ3n) is 4.22. The molecule has 0 aliphatic carbocycles. The van der Waals surface area contributed by atoms with Crippen molar-refractivity contribution < 1.29 is 27.2 Å². The van der Waals surface area contributed by atoms with Crippen LogP contribution in [0.1, 0.15) is 19.1 Å². The fourth-order valence-corrected chi connectivity index (χ4v) is 3.89. The molecular formula is C18H19N3O6S. The molecule has 1 aliphatic rings. The van der Waals surface area contributed by atoms with Crippen LogP contribution in [-0.4, -0.2) is 37.6 Å². The first kappa shape index (κ1) is 19.6. The highest BCUT2D eigenvalue weighted by Crippen LogP contribution is 2.22. The topological polar surface area (TPSA) is 126 Å². The van der Waals surface area contributed by atoms with Crippen molar-refractivity contribution in [3.63, 3.8) is 0 Å². The number of amides is 3. The van der Waals surface area contributed by atoms with Crippen LogP contribution in [0.15, 0.2) is 52.0 Å². The average molecular weight is 405 g/mol. The number of hydrogen-bond acceptors (Lipinski definition) is 6. The molecule has 1 atom stereocenters. The minimum absolute atomic E-state index is 0.0960. The van der Waals surface area contributed by atoms with Gasteiger partial charge in [0.25, 0.3) is 10.0 Å². The van der Waals surface area contributed by atoms with Crippen LogP contribution in [0.2, 0.25) is 0 Å². The molecule has 1 saturated heterocycles. The minimum atomic E-state index is -3.93.